The molecule has 0 unspecified atom stereocenters. The second-order valence-corrected chi connectivity index (χ2v) is 7.36. The fraction of sp³-hybridized carbons (Fsp3) is 0.250. The summed E-state index contributed by atoms with van der Waals surface area (Å²) in [5.41, 5.74) is 0. The average molecular weight is 354 g/mol. The number of aromatic nitrogens is 2. The van der Waals surface area contributed by atoms with Crippen LogP contribution in [-0.4, -0.2) is 17.4 Å². The summed E-state index contributed by atoms with van der Waals surface area (Å²) in [7, 11) is -3.86. The monoisotopic (exact) mass is 352 g/mol. The van der Waals surface area contributed by atoms with Gasteiger partial charge < -0.3 is 0 Å². The van der Waals surface area contributed by atoms with Gasteiger partial charge in [0.2, 0.25) is 0 Å². The molecule has 8 heteroatoms. The summed E-state index contributed by atoms with van der Waals surface area (Å²) in [6.07, 6.45) is 2.81. The molecular formula is C12H11Cl3N2O2S. The molecule has 0 atom stereocenters. The van der Waals surface area contributed by atoms with Crippen LogP contribution in [0, 0.1) is 0 Å². The van der Waals surface area contributed by atoms with Gasteiger partial charge in [0.05, 0.1) is 15.1 Å². The van der Waals surface area contributed by atoms with E-state index in [1.165, 1.54) is 24.5 Å². The molecule has 0 N–H and O–H groups in total. The molecule has 0 bridgehead atoms. The molecular weight excluding hydrogens is 343 g/mol. The van der Waals surface area contributed by atoms with Gasteiger partial charge >= 0.3 is 0 Å². The maximum Gasteiger partial charge on any atom is 0.270 e. The van der Waals surface area contributed by atoms with Crippen molar-refractivity contribution in [2.24, 2.45) is 0 Å². The van der Waals surface area contributed by atoms with Crippen molar-refractivity contribution in [2.45, 2.75) is 24.7 Å². The maximum atomic E-state index is 12.6. The first kappa shape index (κ1) is 15.6. The van der Waals surface area contributed by atoms with E-state index < -0.39 is 10.0 Å². The Bertz CT molecular complexity index is 754. The first-order valence-corrected chi connectivity index (χ1v) is 8.26. The molecule has 2 rings (SSSR count). The fourth-order valence-electron chi connectivity index (χ4n) is 1.72. The second kappa shape index (κ2) is 5.56. The molecule has 0 spiro atoms. The van der Waals surface area contributed by atoms with Crippen LogP contribution < -0.4 is 0 Å². The van der Waals surface area contributed by atoms with Crippen LogP contribution in [0.3, 0.4) is 0 Å². The Hall–Kier alpha value is -0.750. The van der Waals surface area contributed by atoms with E-state index >= 15 is 0 Å². The highest BCUT2D eigenvalue weighted by atomic mass is 35.5. The van der Waals surface area contributed by atoms with Crippen LogP contribution in [0.4, 0.5) is 0 Å². The number of hydrogen-bond donors (Lipinski definition) is 0. The standard InChI is InChI=1S/C12H11Cl3N2O2S/c1-7(2)12-16-5-6-17(12)20(18,19)9-4-3-8(13)10(14)11(9)15/h3-7H,1-2H3. The van der Waals surface area contributed by atoms with Crippen molar-refractivity contribution in [1.29, 1.82) is 0 Å². The van der Waals surface area contributed by atoms with Crippen molar-refractivity contribution in [3.8, 4) is 0 Å². The van der Waals surface area contributed by atoms with E-state index in [2.05, 4.69) is 4.98 Å². The Balaban J connectivity index is 2.68. The maximum absolute atomic E-state index is 12.6. The number of rotatable bonds is 3. The number of imidazole rings is 1. The molecule has 2 aromatic rings. The SMILES string of the molecule is CC(C)c1nccn1S(=O)(=O)c1ccc(Cl)c(Cl)c1Cl. The lowest BCUT2D eigenvalue weighted by Crippen LogP contribution is -2.16. The van der Waals surface area contributed by atoms with Crippen LogP contribution >= 0.6 is 34.8 Å². The van der Waals surface area contributed by atoms with Crippen LogP contribution in [0.5, 0.6) is 0 Å². The molecule has 0 amide bonds. The quantitative estimate of drug-likeness (QED) is 0.777. The average Bonchev–Trinajstić information content (AvgIpc) is 2.85. The fourth-order valence-corrected chi connectivity index (χ4v) is 4.11. The minimum Gasteiger partial charge on any atom is -0.240 e. The van der Waals surface area contributed by atoms with E-state index in [1.807, 2.05) is 13.8 Å². The minimum atomic E-state index is -3.86. The predicted octanol–water partition coefficient (Wildman–Crippen LogP) is 4.20. The van der Waals surface area contributed by atoms with E-state index in [4.69, 9.17) is 34.8 Å². The Kier molecular flexibility index (Phi) is 4.35. The molecule has 0 aliphatic carbocycles. The zero-order valence-corrected chi connectivity index (χ0v) is 13.7. The van der Waals surface area contributed by atoms with Crippen LogP contribution in [0.15, 0.2) is 29.4 Å². The predicted molar refractivity (Wildman–Crippen MR) is 80.4 cm³/mol. The van der Waals surface area contributed by atoms with Crippen molar-refractivity contribution in [2.75, 3.05) is 0 Å². The summed E-state index contributed by atoms with van der Waals surface area (Å²) in [6, 6.07) is 2.73. The van der Waals surface area contributed by atoms with Gasteiger partial charge in [-0.05, 0) is 12.1 Å². The number of hydrogen-bond acceptors (Lipinski definition) is 3. The lowest BCUT2D eigenvalue weighted by atomic mass is 10.2. The molecule has 4 nitrogen and oxygen atoms in total. The normalized spacial score (nSPS) is 12.1. The van der Waals surface area contributed by atoms with E-state index in [0.717, 1.165) is 3.97 Å². The van der Waals surface area contributed by atoms with Gasteiger partial charge in [0.1, 0.15) is 10.7 Å². The van der Waals surface area contributed by atoms with Crippen LogP contribution in [0.2, 0.25) is 15.1 Å². The van der Waals surface area contributed by atoms with Gasteiger partial charge in [0, 0.05) is 18.3 Å². The molecule has 0 saturated heterocycles. The summed E-state index contributed by atoms with van der Waals surface area (Å²) in [5.74, 6) is 0.369. The highest BCUT2D eigenvalue weighted by Crippen LogP contribution is 2.36. The van der Waals surface area contributed by atoms with Gasteiger partial charge in [-0.1, -0.05) is 48.7 Å². The van der Waals surface area contributed by atoms with E-state index in [1.54, 1.807) is 0 Å². The third-order valence-electron chi connectivity index (χ3n) is 2.69. The molecule has 1 aromatic carbocycles. The molecule has 1 heterocycles. The topological polar surface area (TPSA) is 52.0 Å². The van der Waals surface area contributed by atoms with Crippen molar-refractivity contribution in [1.82, 2.24) is 8.96 Å². The van der Waals surface area contributed by atoms with Gasteiger partial charge in [0.25, 0.3) is 10.0 Å². The second-order valence-electron chi connectivity index (χ2n) is 4.41. The minimum absolute atomic E-state index is 0.0145. The molecule has 1 aromatic heterocycles. The van der Waals surface area contributed by atoms with Crippen LogP contribution in [-0.2, 0) is 10.0 Å². The third-order valence-corrected chi connectivity index (χ3v) is 5.82. The lowest BCUT2D eigenvalue weighted by Gasteiger charge is -2.13. The molecule has 0 radical (unpaired) electrons. The lowest BCUT2D eigenvalue weighted by molar-refractivity contribution is 0.581. The molecule has 0 aliphatic heterocycles. The van der Waals surface area contributed by atoms with Crippen molar-refractivity contribution < 1.29 is 8.42 Å². The van der Waals surface area contributed by atoms with Gasteiger partial charge in [0.15, 0.2) is 0 Å². The summed E-state index contributed by atoms with van der Waals surface area (Å²) in [5, 5.41) is 0.119. The Labute approximate surface area is 132 Å². The highest BCUT2D eigenvalue weighted by molar-refractivity contribution is 7.90. The zero-order chi connectivity index (χ0) is 15.1. The first-order chi connectivity index (χ1) is 9.26. The molecule has 0 aliphatic rings. The van der Waals surface area contributed by atoms with Crippen LogP contribution in [0.25, 0.3) is 0 Å². The molecule has 0 saturated carbocycles. The summed E-state index contributed by atoms with van der Waals surface area (Å²) >= 11 is 17.7. The smallest absolute Gasteiger partial charge is 0.240 e. The van der Waals surface area contributed by atoms with E-state index in [0.29, 0.717) is 5.82 Å². The van der Waals surface area contributed by atoms with Gasteiger partial charge in [-0.25, -0.2) is 17.4 Å². The number of halogens is 3. The van der Waals surface area contributed by atoms with Gasteiger partial charge in [-0.15, -0.1) is 0 Å². The molecule has 0 fully saturated rings. The largest absolute Gasteiger partial charge is 0.270 e. The van der Waals surface area contributed by atoms with Gasteiger partial charge in [-0.2, -0.15) is 0 Å². The Morgan fingerprint density at radius 2 is 1.80 bits per heavy atom. The van der Waals surface area contributed by atoms with Crippen molar-refractivity contribution >= 4 is 44.8 Å². The summed E-state index contributed by atoms with van der Waals surface area (Å²) in [4.78, 5) is 3.96. The van der Waals surface area contributed by atoms with E-state index in [9.17, 15) is 8.42 Å². The van der Waals surface area contributed by atoms with Crippen molar-refractivity contribution in [3.05, 3.63) is 45.4 Å². The van der Waals surface area contributed by atoms with E-state index in [-0.39, 0.29) is 25.9 Å². The highest BCUT2D eigenvalue weighted by Gasteiger charge is 2.25. The Morgan fingerprint density at radius 1 is 1.15 bits per heavy atom. The van der Waals surface area contributed by atoms with Crippen molar-refractivity contribution in [3.63, 3.8) is 0 Å². The van der Waals surface area contributed by atoms with Gasteiger partial charge in [-0.3, -0.25) is 0 Å². The number of nitrogens with zero attached hydrogens (tertiary/aromatic N) is 2. The Morgan fingerprint density at radius 3 is 2.40 bits per heavy atom. The number of benzene rings is 1. The molecule has 108 valence electrons. The zero-order valence-electron chi connectivity index (χ0n) is 10.6. The first-order valence-electron chi connectivity index (χ1n) is 5.69. The summed E-state index contributed by atoms with van der Waals surface area (Å²) < 4.78 is 26.4. The van der Waals surface area contributed by atoms with Crippen LogP contribution in [0.1, 0.15) is 25.6 Å². The molecule has 20 heavy (non-hydrogen) atoms. The summed E-state index contributed by atoms with van der Waals surface area (Å²) in [6.45, 7) is 3.70. The third kappa shape index (κ3) is 2.55.